The summed E-state index contributed by atoms with van der Waals surface area (Å²) >= 11 is 0. The fraction of sp³-hybridized carbons (Fsp3) is 0.368. The molecule has 0 fully saturated rings. The molecule has 2 aromatic rings. The predicted molar refractivity (Wildman–Crippen MR) is 104 cm³/mol. The highest BCUT2D eigenvalue weighted by atomic mass is 16.7. The van der Waals surface area contributed by atoms with E-state index in [1.807, 2.05) is 45.0 Å². The first-order chi connectivity index (χ1) is 12.4. The molecule has 138 valence electrons. The smallest absolute Gasteiger partial charge is 0.226 e. The fourth-order valence-corrected chi connectivity index (χ4v) is 2.82. The zero-order chi connectivity index (χ0) is 18.7. The Morgan fingerprint density at radius 1 is 1.08 bits per heavy atom. The lowest BCUT2D eigenvalue weighted by atomic mass is 10.1. The maximum absolute atomic E-state index is 6.01. The summed E-state index contributed by atoms with van der Waals surface area (Å²) in [6, 6.07) is 14.2. The van der Waals surface area contributed by atoms with Crippen LogP contribution in [0.15, 0.2) is 52.4 Å². The predicted octanol–water partition coefficient (Wildman–Crippen LogP) is 2.47. The molecule has 1 aliphatic rings. The third-order valence-electron chi connectivity index (χ3n) is 4.08. The Labute approximate surface area is 153 Å². The van der Waals surface area contributed by atoms with Crippen molar-refractivity contribution in [3.63, 3.8) is 0 Å². The molecule has 1 heterocycles. The van der Waals surface area contributed by atoms with Crippen LogP contribution < -0.4 is 16.2 Å². The van der Waals surface area contributed by atoms with Gasteiger partial charge in [-0.3, -0.25) is 4.84 Å². The number of ether oxygens (including phenoxy) is 1. The number of aliphatic imine (C=N–C) groups is 2. The van der Waals surface area contributed by atoms with E-state index in [4.69, 9.17) is 21.0 Å². The Kier molecular flexibility index (Phi) is 4.99. The van der Waals surface area contributed by atoms with Crippen molar-refractivity contribution >= 4 is 22.7 Å². The van der Waals surface area contributed by atoms with Crippen molar-refractivity contribution in [3.8, 4) is 5.75 Å². The normalized spacial score (nSPS) is 17.6. The van der Waals surface area contributed by atoms with Gasteiger partial charge >= 0.3 is 0 Å². The minimum Gasteiger partial charge on any atom is -0.493 e. The van der Waals surface area contributed by atoms with Gasteiger partial charge in [-0.15, -0.1) is 0 Å². The van der Waals surface area contributed by atoms with Crippen molar-refractivity contribution < 1.29 is 9.57 Å². The van der Waals surface area contributed by atoms with E-state index in [0.717, 1.165) is 16.5 Å². The van der Waals surface area contributed by atoms with Gasteiger partial charge < -0.3 is 16.2 Å². The molecule has 0 radical (unpaired) electrons. The standard InChI is InChI=1S/C19H25N5O2/c1-13(12-26-24-18(21)22-17(20)23-19(24,2)3)11-25-16-10-6-8-14-7-4-5-9-15(14)16/h4-10,13H,11-12H2,1-3H3,(H4,20,21,22,23)/t13-/m0/s1. The van der Waals surface area contributed by atoms with E-state index in [1.165, 1.54) is 5.06 Å². The van der Waals surface area contributed by atoms with Crippen LogP contribution in [0.4, 0.5) is 0 Å². The molecular weight excluding hydrogens is 330 g/mol. The molecule has 0 spiro atoms. The fourth-order valence-electron chi connectivity index (χ4n) is 2.82. The second kappa shape index (κ2) is 7.21. The van der Waals surface area contributed by atoms with Crippen LogP contribution in [0.5, 0.6) is 5.75 Å². The van der Waals surface area contributed by atoms with Gasteiger partial charge in [-0.2, -0.15) is 10.1 Å². The van der Waals surface area contributed by atoms with Gasteiger partial charge in [0, 0.05) is 11.3 Å². The number of hydroxylamine groups is 2. The van der Waals surface area contributed by atoms with Gasteiger partial charge in [-0.25, -0.2) is 4.99 Å². The summed E-state index contributed by atoms with van der Waals surface area (Å²) in [4.78, 5) is 14.0. The zero-order valence-electron chi connectivity index (χ0n) is 15.3. The lowest BCUT2D eigenvalue weighted by Gasteiger charge is -2.37. The summed E-state index contributed by atoms with van der Waals surface area (Å²) in [6.07, 6.45) is 0. The molecule has 0 bridgehead atoms. The topological polar surface area (TPSA) is 98.5 Å². The number of nitrogens with zero attached hydrogens (tertiary/aromatic N) is 3. The monoisotopic (exact) mass is 355 g/mol. The molecular formula is C19H25N5O2. The number of nitrogens with two attached hydrogens (primary N) is 2. The van der Waals surface area contributed by atoms with E-state index in [-0.39, 0.29) is 17.8 Å². The van der Waals surface area contributed by atoms with E-state index in [2.05, 4.69) is 28.2 Å². The molecule has 2 aromatic carbocycles. The molecule has 0 aliphatic carbocycles. The second-order valence-electron chi connectivity index (χ2n) is 6.92. The third-order valence-corrected chi connectivity index (χ3v) is 4.08. The first-order valence-electron chi connectivity index (χ1n) is 8.60. The first kappa shape index (κ1) is 18.0. The van der Waals surface area contributed by atoms with Gasteiger partial charge in [0.15, 0.2) is 5.66 Å². The molecule has 7 heteroatoms. The maximum Gasteiger partial charge on any atom is 0.226 e. The highest BCUT2D eigenvalue weighted by Crippen LogP contribution is 2.26. The number of hydrogen-bond donors (Lipinski definition) is 2. The molecule has 0 unspecified atom stereocenters. The first-order valence-corrected chi connectivity index (χ1v) is 8.60. The average molecular weight is 355 g/mol. The maximum atomic E-state index is 6.01. The number of benzene rings is 2. The van der Waals surface area contributed by atoms with Crippen molar-refractivity contribution in [1.82, 2.24) is 5.06 Å². The highest BCUT2D eigenvalue weighted by molar-refractivity contribution is 5.95. The van der Waals surface area contributed by atoms with Crippen LogP contribution in [0.1, 0.15) is 20.8 Å². The van der Waals surface area contributed by atoms with Crippen LogP contribution in [-0.4, -0.2) is 35.9 Å². The van der Waals surface area contributed by atoms with Gasteiger partial charge in [-0.1, -0.05) is 43.3 Å². The lowest BCUT2D eigenvalue weighted by molar-refractivity contribution is -0.167. The molecule has 1 aliphatic heterocycles. The second-order valence-corrected chi connectivity index (χ2v) is 6.92. The van der Waals surface area contributed by atoms with Gasteiger partial charge in [0.05, 0.1) is 13.2 Å². The summed E-state index contributed by atoms with van der Waals surface area (Å²) in [7, 11) is 0. The molecule has 0 amide bonds. The summed E-state index contributed by atoms with van der Waals surface area (Å²) in [5.41, 5.74) is 10.9. The molecule has 4 N–H and O–H groups in total. The molecule has 7 nitrogen and oxygen atoms in total. The summed E-state index contributed by atoms with van der Waals surface area (Å²) in [6.45, 7) is 6.70. The van der Waals surface area contributed by atoms with Crippen LogP contribution in [0.2, 0.25) is 0 Å². The van der Waals surface area contributed by atoms with Crippen LogP contribution >= 0.6 is 0 Å². The van der Waals surface area contributed by atoms with E-state index >= 15 is 0 Å². The van der Waals surface area contributed by atoms with Crippen molar-refractivity contribution in [3.05, 3.63) is 42.5 Å². The third kappa shape index (κ3) is 3.88. The lowest BCUT2D eigenvalue weighted by Crippen LogP contribution is -2.54. The molecule has 1 atom stereocenters. The summed E-state index contributed by atoms with van der Waals surface area (Å²) in [5.74, 6) is 1.36. The van der Waals surface area contributed by atoms with Gasteiger partial charge in [0.1, 0.15) is 5.75 Å². The van der Waals surface area contributed by atoms with Gasteiger partial charge in [0.2, 0.25) is 11.9 Å². The zero-order valence-corrected chi connectivity index (χ0v) is 15.3. The van der Waals surface area contributed by atoms with Crippen molar-refractivity contribution in [2.24, 2.45) is 27.4 Å². The Bertz CT molecular complexity index is 841. The number of fused-ring (bicyclic) bond motifs is 1. The quantitative estimate of drug-likeness (QED) is 0.829. The number of rotatable bonds is 6. The molecule has 0 saturated heterocycles. The molecule has 3 rings (SSSR count). The van der Waals surface area contributed by atoms with E-state index in [9.17, 15) is 0 Å². The summed E-state index contributed by atoms with van der Waals surface area (Å²) < 4.78 is 6.01. The van der Waals surface area contributed by atoms with E-state index < -0.39 is 5.66 Å². The summed E-state index contributed by atoms with van der Waals surface area (Å²) in [5, 5.41) is 3.74. The van der Waals surface area contributed by atoms with Crippen LogP contribution in [0, 0.1) is 5.92 Å². The molecule has 26 heavy (non-hydrogen) atoms. The minimum absolute atomic E-state index is 0.140. The van der Waals surface area contributed by atoms with Crippen LogP contribution in [-0.2, 0) is 4.84 Å². The van der Waals surface area contributed by atoms with Crippen molar-refractivity contribution in [1.29, 1.82) is 0 Å². The largest absolute Gasteiger partial charge is 0.493 e. The highest BCUT2D eigenvalue weighted by Gasteiger charge is 2.33. The molecule has 0 aromatic heterocycles. The van der Waals surface area contributed by atoms with Crippen LogP contribution in [0.25, 0.3) is 10.8 Å². The van der Waals surface area contributed by atoms with Gasteiger partial charge in [-0.05, 0) is 25.3 Å². The van der Waals surface area contributed by atoms with Crippen molar-refractivity contribution in [2.75, 3.05) is 13.2 Å². The Morgan fingerprint density at radius 2 is 1.81 bits per heavy atom. The van der Waals surface area contributed by atoms with Crippen molar-refractivity contribution in [2.45, 2.75) is 26.4 Å². The number of guanidine groups is 2. The Hall–Kier alpha value is -2.80. The molecule has 0 saturated carbocycles. The average Bonchev–Trinajstić information content (AvgIpc) is 2.58. The van der Waals surface area contributed by atoms with E-state index in [0.29, 0.717) is 13.2 Å². The van der Waals surface area contributed by atoms with E-state index in [1.54, 1.807) is 0 Å². The Morgan fingerprint density at radius 3 is 2.58 bits per heavy atom. The van der Waals surface area contributed by atoms with Gasteiger partial charge in [0.25, 0.3) is 0 Å². The number of hydrogen-bond acceptors (Lipinski definition) is 7. The SMILES string of the molecule is C[C@@H](COc1cccc2ccccc12)CON1C(N)=NC(N)=NC1(C)C. The Balaban J connectivity index is 1.58. The van der Waals surface area contributed by atoms with Crippen LogP contribution in [0.3, 0.4) is 0 Å². The minimum atomic E-state index is -0.702.